The number of benzene rings is 2. The molecule has 0 aliphatic carbocycles. The number of nitrogens with zero attached hydrogens (tertiary/aromatic N) is 1. The van der Waals surface area contributed by atoms with E-state index in [1.54, 1.807) is 6.21 Å². The van der Waals surface area contributed by atoms with Gasteiger partial charge < -0.3 is 5.32 Å². The molecule has 0 spiro atoms. The summed E-state index contributed by atoms with van der Waals surface area (Å²) in [6.45, 7) is 0.681. The predicted octanol–water partition coefficient (Wildman–Crippen LogP) is 3.45. The summed E-state index contributed by atoms with van der Waals surface area (Å²) in [6.07, 6.45) is 1.73. The summed E-state index contributed by atoms with van der Waals surface area (Å²) < 4.78 is 1.04. The van der Waals surface area contributed by atoms with Gasteiger partial charge >= 0.3 is 0 Å². The molecule has 2 rings (SSSR count). The zero-order valence-electron chi connectivity index (χ0n) is 10.7. The Labute approximate surface area is 132 Å². The highest BCUT2D eigenvalue weighted by atomic mass is 79.9. The molecule has 0 fully saturated rings. The molecule has 3 nitrogen and oxygen atoms in total. The van der Waals surface area contributed by atoms with Crippen molar-refractivity contribution in [2.75, 3.05) is 0 Å². The van der Waals surface area contributed by atoms with Crippen molar-refractivity contribution < 1.29 is 0 Å². The molecule has 0 aliphatic rings. The Morgan fingerprint density at radius 2 is 1.80 bits per heavy atom. The first-order valence-corrected chi connectivity index (χ1v) is 7.30. The normalized spacial score (nSPS) is 10.4. The largest absolute Gasteiger partial charge is 0.357 e. The molecule has 0 atom stereocenters. The van der Waals surface area contributed by atoms with E-state index in [9.17, 15) is 0 Å². The van der Waals surface area contributed by atoms with Crippen LogP contribution in [0.5, 0.6) is 0 Å². The first kappa shape index (κ1) is 14.7. The molecular formula is C15H14BrN3S. The lowest BCUT2D eigenvalue weighted by atomic mass is 10.2. The molecule has 0 saturated heterocycles. The van der Waals surface area contributed by atoms with Gasteiger partial charge in [-0.15, -0.1) is 0 Å². The molecule has 0 aliphatic heterocycles. The van der Waals surface area contributed by atoms with Crippen molar-refractivity contribution >= 4 is 39.5 Å². The molecule has 102 valence electrons. The highest BCUT2D eigenvalue weighted by Crippen LogP contribution is 2.08. The van der Waals surface area contributed by atoms with Crippen molar-refractivity contribution in [2.45, 2.75) is 6.54 Å². The van der Waals surface area contributed by atoms with Gasteiger partial charge in [0, 0.05) is 11.0 Å². The Kier molecular flexibility index (Phi) is 5.70. The van der Waals surface area contributed by atoms with E-state index in [0.717, 1.165) is 10.0 Å². The molecule has 0 heterocycles. The van der Waals surface area contributed by atoms with E-state index in [2.05, 4.69) is 31.8 Å². The van der Waals surface area contributed by atoms with Gasteiger partial charge in [0.25, 0.3) is 0 Å². The second kappa shape index (κ2) is 7.77. The molecule has 2 aromatic carbocycles. The van der Waals surface area contributed by atoms with Crippen LogP contribution in [0.1, 0.15) is 11.1 Å². The van der Waals surface area contributed by atoms with E-state index in [1.165, 1.54) is 5.56 Å². The quantitative estimate of drug-likeness (QED) is 0.505. The van der Waals surface area contributed by atoms with Crippen LogP contribution in [0, 0.1) is 0 Å². The summed E-state index contributed by atoms with van der Waals surface area (Å²) in [5.74, 6) is 0. The Morgan fingerprint density at radius 1 is 1.10 bits per heavy atom. The third-order valence-corrected chi connectivity index (χ3v) is 3.31. The Hall–Kier alpha value is -1.72. The highest BCUT2D eigenvalue weighted by molar-refractivity contribution is 9.10. The van der Waals surface area contributed by atoms with Gasteiger partial charge in [0.2, 0.25) is 0 Å². The van der Waals surface area contributed by atoms with Gasteiger partial charge in [-0.1, -0.05) is 58.4 Å². The maximum absolute atomic E-state index is 5.15. The minimum atomic E-state index is 0.502. The maximum atomic E-state index is 5.15. The van der Waals surface area contributed by atoms with Crippen LogP contribution in [-0.2, 0) is 6.54 Å². The first-order valence-electron chi connectivity index (χ1n) is 6.10. The third-order valence-electron chi connectivity index (χ3n) is 2.55. The summed E-state index contributed by atoms with van der Waals surface area (Å²) in [5, 5.41) is 7.68. The molecule has 20 heavy (non-hydrogen) atoms. The van der Waals surface area contributed by atoms with Crippen LogP contribution < -0.4 is 10.7 Å². The summed E-state index contributed by atoms with van der Waals surface area (Å²) in [5.41, 5.74) is 4.97. The fourth-order valence-electron chi connectivity index (χ4n) is 1.53. The number of nitrogens with one attached hydrogen (secondary N) is 2. The molecule has 2 aromatic rings. The molecule has 0 bridgehead atoms. The van der Waals surface area contributed by atoms with Crippen LogP contribution in [0.4, 0.5) is 0 Å². The Bertz CT molecular complexity index is 582. The van der Waals surface area contributed by atoms with Crippen molar-refractivity contribution in [1.82, 2.24) is 10.7 Å². The van der Waals surface area contributed by atoms with Crippen LogP contribution in [0.25, 0.3) is 0 Å². The van der Waals surface area contributed by atoms with Crippen LogP contribution in [0.15, 0.2) is 64.2 Å². The van der Waals surface area contributed by atoms with Gasteiger partial charge in [-0.05, 0) is 35.5 Å². The van der Waals surface area contributed by atoms with E-state index < -0.39 is 0 Å². The summed E-state index contributed by atoms with van der Waals surface area (Å²) in [7, 11) is 0. The second-order valence-corrected chi connectivity index (χ2v) is 5.41. The van der Waals surface area contributed by atoms with Gasteiger partial charge in [0.1, 0.15) is 0 Å². The lowest BCUT2D eigenvalue weighted by Crippen LogP contribution is -2.31. The van der Waals surface area contributed by atoms with Crippen LogP contribution in [0.2, 0.25) is 0 Å². The number of rotatable bonds is 4. The molecule has 0 unspecified atom stereocenters. The summed E-state index contributed by atoms with van der Waals surface area (Å²) >= 11 is 8.53. The van der Waals surface area contributed by atoms with E-state index in [-0.39, 0.29) is 0 Å². The van der Waals surface area contributed by atoms with Crippen molar-refractivity contribution in [3.05, 3.63) is 70.2 Å². The SMILES string of the molecule is S=C(NCc1ccccc1)N/N=C/c1ccc(Br)cc1. The van der Waals surface area contributed by atoms with Crippen molar-refractivity contribution in [2.24, 2.45) is 5.10 Å². The van der Waals surface area contributed by atoms with Gasteiger partial charge in [0.05, 0.1) is 6.21 Å². The highest BCUT2D eigenvalue weighted by Gasteiger charge is 1.94. The summed E-state index contributed by atoms with van der Waals surface area (Å²) in [4.78, 5) is 0. The number of hydrazone groups is 1. The minimum Gasteiger partial charge on any atom is -0.357 e. The van der Waals surface area contributed by atoms with Crippen molar-refractivity contribution in [1.29, 1.82) is 0 Å². The fraction of sp³-hybridized carbons (Fsp3) is 0.0667. The summed E-state index contributed by atoms with van der Waals surface area (Å²) in [6, 6.07) is 17.9. The smallest absolute Gasteiger partial charge is 0.187 e. The first-order chi connectivity index (χ1) is 9.74. The van der Waals surface area contributed by atoms with E-state index in [4.69, 9.17) is 12.2 Å². The average molecular weight is 348 g/mol. The van der Waals surface area contributed by atoms with Crippen molar-refractivity contribution in [3.63, 3.8) is 0 Å². The van der Waals surface area contributed by atoms with Crippen molar-refractivity contribution in [3.8, 4) is 0 Å². The van der Waals surface area contributed by atoms with Gasteiger partial charge in [0.15, 0.2) is 5.11 Å². The van der Waals surface area contributed by atoms with Gasteiger partial charge in [-0.2, -0.15) is 5.10 Å². The minimum absolute atomic E-state index is 0.502. The number of hydrogen-bond acceptors (Lipinski definition) is 2. The maximum Gasteiger partial charge on any atom is 0.187 e. The second-order valence-electron chi connectivity index (χ2n) is 4.09. The third kappa shape index (κ3) is 5.11. The van der Waals surface area contributed by atoms with E-state index in [0.29, 0.717) is 11.7 Å². The molecule has 0 aromatic heterocycles. The fourth-order valence-corrected chi connectivity index (χ4v) is 1.92. The lowest BCUT2D eigenvalue weighted by Gasteiger charge is -2.06. The van der Waals surface area contributed by atoms with Crippen LogP contribution in [0.3, 0.4) is 0 Å². The molecule has 0 radical (unpaired) electrons. The van der Waals surface area contributed by atoms with E-state index in [1.807, 2.05) is 54.6 Å². The Morgan fingerprint density at radius 3 is 2.50 bits per heavy atom. The zero-order chi connectivity index (χ0) is 14.2. The molecule has 0 saturated carbocycles. The molecule has 2 N–H and O–H groups in total. The van der Waals surface area contributed by atoms with E-state index >= 15 is 0 Å². The molecule has 0 amide bonds. The topological polar surface area (TPSA) is 36.4 Å². The zero-order valence-corrected chi connectivity index (χ0v) is 13.1. The Balaban J connectivity index is 1.76. The van der Waals surface area contributed by atoms with Crippen LogP contribution >= 0.6 is 28.1 Å². The molecule has 5 heteroatoms. The number of halogens is 1. The monoisotopic (exact) mass is 347 g/mol. The predicted molar refractivity (Wildman–Crippen MR) is 90.8 cm³/mol. The lowest BCUT2D eigenvalue weighted by molar-refractivity contribution is 0.869. The van der Waals surface area contributed by atoms with Gasteiger partial charge in [-0.25, -0.2) is 0 Å². The standard InChI is InChI=1S/C15H14BrN3S/c16-14-8-6-13(7-9-14)11-18-19-15(20)17-10-12-4-2-1-3-5-12/h1-9,11H,10H2,(H2,17,19,20)/b18-11+. The number of thiocarbonyl (C=S) groups is 1. The molecular weight excluding hydrogens is 334 g/mol. The van der Waals surface area contributed by atoms with Gasteiger partial charge in [-0.3, -0.25) is 5.43 Å². The average Bonchev–Trinajstić information content (AvgIpc) is 2.48. The number of hydrogen-bond donors (Lipinski definition) is 2. The van der Waals surface area contributed by atoms with Crippen LogP contribution in [-0.4, -0.2) is 11.3 Å².